The highest BCUT2D eigenvalue weighted by Gasteiger charge is 2.27. The number of carbonyl (C=O) groups excluding carboxylic acids is 1. The smallest absolute Gasteiger partial charge is 0.222 e. The van der Waals surface area contributed by atoms with Crippen molar-refractivity contribution in [2.45, 2.75) is 57.4 Å². The zero-order valence-corrected chi connectivity index (χ0v) is 13.2. The molecule has 2 aliphatic carbocycles. The molecule has 6 nitrogen and oxygen atoms in total. The van der Waals surface area contributed by atoms with E-state index in [4.69, 9.17) is 5.73 Å². The summed E-state index contributed by atoms with van der Waals surface area (Å²) < 4.78 is 0. The van der Waals surface area contributed by atoms with E-state index in [1.807, 2.05) is 0 Å². The number of rotatable bonds is 3. The van der Waals surface area contributed by atoms with Crippen molar-refractivity contribution < 1.29 is 4.79 Å². The second-order valence-electron chi connectivity index (χ2n) is 6.37. The first-order chi connectivity index (χ1) is 10.7. The number of hydrogen-bond acceptors (Lipinski definition) is 5. The Morgan fingerprint density at radius 2 is 1.86 bits per heavy atom. The Morgan fingerprint density at radius 1 is 1.14 bits per heavy atom. The fraction of sp³-hybridized carbons (Fsp3) is 0.688. The van der Waals surface area contributed by atoms with E-state index in [1.54, 1.807) is 7.05 Å². The van der Waals surface area contributed by atoms with E-state index in [0.29, 0.717) is 12.0 Å². The van der Waals surface area contributed by atoms with Crippen molar-refractivity contribution in [2.24, 2.45) is 5.92 Å². The van der Waals surface area contributed by atoms with Crippen LogP contribution in [0.5, 0.6) is 0 Å². The summed E-state index contributed by atoms with van der Waals surface area (Å²) in [4.78, 5) is 20.5. The number of anilines is 2. The molecule has 1 aromatic heterocycles. The molecular formula is C16H25N5O. The molecule has 0 atom stereocenters. The highest BCUT2D eigenvalue weighted by atomic mass is 16.1. The van der Waals surface area contributed by atoms with Crippen LogP contribution in [0.25, 0.3) is 0 Å². The van der Waals surface area contributed by atoms with Crippen LogP contribution in [0.1, 0.15) is 49.8 Å². The lowest BCUT2D eigenvalue weighted by Crippen LogP contribution is -2.34. The van der Waals surface area contributed by atoms with Gasteiger partial charge in [-0.25, -0.2) is 4.98 Å². The van der Waals surface area contributed by atoms with Crippen molar-refractivity contribution in [3.8, 4) is 0 Å². The van der Waals surface area contributed by atoms with Gasteiger partial charge in [0.15, 0.2) is 0 Å². The van der Waals surface area contributed by atoms with Crippen LogP contribution in [-0.4, -0.2) is 29.0 Å². The molecule has 2 aliphatic rings. The lowest BCUT2D eigenvalue weighted by molar-refractivity contribution is -0.125. The molecule has 4 N–H and O–H groups in total. The summed E-state index contributed by atoms with van der Waals surface area (Å²) in [7, 11) is 1.71. The quantitative estimate of drug-likeness (QED) is 0.789. The summed E-state index contributed by atoms with van der Waals surface area (Å²) >= 11 is 0. The van der Waals surface area contributed by atoms with Crippen LogP contribution in [0.15, 0.2) is 0 Å². The van der Waals surface area contributed by atoms with Gasteiger partial charge in [0.25, 0.3) is 0 Å². The number of aryl methyl sites for hydroxylation is 1. The fourth-order valence-corrected chi connectivity index (χ4v) is 3.63. The number of nitrogens with one attached hydrogen (secondary N) is 2. The summed E-state index contributed by atoms with van der Waals surface area (Å²) in [6.45, 7) is 0. The number of nitrogen functional groups attached to an aromatic ring is 1. The number of nitrogens with zero attached hydrogens (tertiary/aromatic N) is 2. The Labute approximate surface area is 131 Å². The van der Waals surface area contributed by atoms with Crippen LogP contribution in [0.4, 0.5) is 11.8 Å². The van der Waals surface area contributed by atoms with Gasteiger partial charge in [-0.3, -0.25) is 4.79 Å². The molecule has 0 saturated heterocycles. The fourth-order valence-electron chi connectivity index (χ4n) is 3.63. The monoisotopic (exact) mass is 303 g/mol. The molecule has 0 radical (unpaired) electrons. The zero-order valence-electron chi connectivity index (χ0n) is 13.2. The van der Waals surface area contributed by atoms with Crippen LogP contribution >= 0.6 is 0 Å². The third-order valence-corrected chi connectivity index (χ3v) is 4.89. The van der Waals surface area contributed by atoms with Crippen molar-refractivity contribution in [1.29, 1.82) is 0 Å². The molecule has 0 spiro atoms. The second kappa shape index (κ2) is 6.50. The molecular weight excluding hydrogens is 278 g/mol. The summed E-state index contributed by atoms with van der Waals surface area (Å²) in [5.41, 5.74) is 8.21. The van der Waals surface area contributed by atoms with Gasteiger partial charge in [-0.1, -0.05) is 0 Å². The maximum atomic E-state index is 11.7. The van der Waals surface area contributed by atoms with Gasteiger partial charge in [0.2, 0.25) is 11.9 Å². The SMILES string of the molecule is CNC(=O)C1CCC(Nc2nc(N)nc3c2CCCC3)CC1. The van der Waals surface area contributed by atoms with E-state index in [0.717, 1.165) is 50.0 Å². The molecule has 1 fully saturated rings. The zero-order chi connectivity index (χ0) is 15.5. The van der Waals surface area contributed by atoms with Crippen LogP contribution in [0.2, 0.25) is 0 Å². The van der Waals surface area contributed by atoms with E-state index < -0.39 is 0 Å². The third-order valence-electron chi connectivity index (χ3n) is 4.89. The highest BCUT2D eigenvalue weighted by molar-refractivity contribution is 5.78. The number of fused-ring (bicyclic) bond motifs is 1. The summed E-state index contributed by atoms with van der Waals surface area (Å²) in [6, 6.07) is 0.376. The molecule has 0 unspecified atom stereocenters. The van der Waals surface area contributed by atoms with Crippen LogP contribution < -0.4 is 16.4 Å². The average Bonchev–Trinajstić information content (AvgIpc) is 2.54. The molecule has 1 aromatic rings. The van der Waals surface area contributed by atoms with Crippen LogP contribution in [0, 0.1) is 5.92 Å². The number of aromatic nitrogens is 2. The van der Waals surface area contributed by atoms with Gasteiger partial charge >= 0.3 is 0 Å². The van der Waals surface area contributed by atoms with Crippen LogP contribution in [0.3, 0.4) is 0 Å². The second-order valence-corrected chi connectivity index (χ2v) is 6.37. The predicted octanol–water partition coefficient (Wildman–Crippen LogP) is 1.65. The van der Waals surface area contributed by atoms with E-state index >= 15 is 0 Å². The van der Waals surface area contributed by atoms with E-state index in [-0.39, 0.29) is 11.8 Å². The minimum Gasteiger partial charge on any atom is -0.368 e. The van der Waals surface area contributed by atoms with Gasteiger partial charge < -0.3 is 16.4 Å². The first-order valence-electron chi connectivity index (χ1n) is 8.30. The minimum absolute atomic E-state index is 0.160. The van der Waals surface area contributed by atoms with Gasteiger partial charge in [0.1, 0.15) is 5.82 Å². The number of nitrogens with two attached hydrogens (primary N) is 1. The van der Waals surface area contributed by atoms with Crippen molar-refractivity contribution in [2.75, 3.05) is 18.1 Å². The molecule has 22 heavy (non-hydrogen) atoms. The summed E-state index contributed by atoms with van der Waals surface area (Å²) in [5, 5.41) is 6.32. The molecule has 0 aromatic carbocycles. The van der Waals surface area contributed by atoms with Gasteiger partial charge in [0.05, 0.1) is 5.69 Å². The largest absolute Gasteiger partial charge is 0.368 e. The molecule has 120 valence electrons. The van der Waals surface area contributed by atoms with E-state index in [1.165, 1.54) is 18.4 Å². The molecule has 1 heterocycles. The topological polar surface area (TPSA) is 92.9 Å². The maximum Gasteiger partial charge on any atom is 0.222 e. The van der Waals surface area contributed by atoms with Gasteiger partial charge in [-0.05, 0) is 51.4 Å². The standard InChI is InChI=1S/C16H25N5O/c1-18-15(22)10-6-8-11(9-7-10)19-14-12-4-2-3-5-13(12)20-16(17)21-14/h10-11H,2-9H2,1H3,(H,18,22)(H3,17,19,20,21). The normalized spacial score (nSPS) is 24.4. The lowest BCUT2D eigenvalue weighted by atomic mass is 9.85. The minimum atomic E-state index is 0.160. The van der Waals surface area contributed by atoms with E-state index in [2.05, 4.69) is 20.6 Å². The Balaban J connectivity index is 1.67. The third kappa shape index (κ3) is 3.15. The van der Waals surface area contributed by atoms with Gasteiger partial charge in [0, 0.05) is 24.6 Å². The van der Waals surface area contributed by atoms with Crippen molar-refractivity contribution in [3.63, 3.8) is 0 Å². The number of amides is 1. The molecule has 6 heteroatoms. The average molecular weight is 303 g/mol. The maximum absolute atomic E-state index is 11.7. The predicted molar refractivity (Wildman–Crippen MR) is 86.5 cm³/mol. The van der Waals surface area contributed by atoms with Crippen molar-refractivity contribution in [1.82, 2.24) is 15.3 Å². The molecule has 1 amide bonds. The Hall–Kier alpha value is -1.85. The van der Waals surface area contributed by atoms with Crippen molar-refractivity contribution in [3.05, 3.63) is 11.3 Å². The van der Waals surface area contributed by atoms with E-state index in [9.17, 15) is 4.79 Å². The Bertz CT molecular complexity index is 552. The molecule has 0 bridgehead atoms. The molecule has 1 saturated carbocycles. The van der Waals surface area contributed by atoms with Gasteiger partial charge in [-0.2, -0.15) is 4.98 Å². The van der Waals surface area contributed by atoms with Crippen LogP contribution in [-0.2, 0) is 17.6 Å². The number of carbonyl (C=O) groups is 1. The lowest BCUT2D eigenvalue weighted by Gasteiger charge is -2.29. The Morgan fingerprint density at radius 3 is 2.59 bits per heavy atom. The summed E-state index contributed by atoms with van der Waals surface area (Å²) in [6.07, 6.45) is 8.26. The van der Waals surface area contributed by atoms with Crippen molar-refractivity contribution >= 4 is 17.7 Å². The Kier molecular flexibility index (Phi) is 4.45. The highest BCUT2D eigenvalue weighted by Crippen LogP contribution is 2.30. The first-order valence-corrected chi connectivity index (χ1v) is 8.30. The molecule has 0 aliphatic heterocycles. The first kappa shape index (κ1) is 15.1. The summed E-state index contributed by atoms with van der Waals surface area (Å²) in [5.74, 6) is 1.61. The van der Waals surface area contributed by atoms with Gasteiger partial charge in [-0.15, -0.1) is 0 Å². The molecule has 3 rings (SSSR count). The number of hydrogen-bond donors (Lipinski definition) is 3.